The van der Waals surface area contributed by atoms with Crippen LogP contribution in [0.2, 0.25) is 5.02 Å². The maximum atomic E-state index is 14.2. The van der Waals surface area contributed by atoms with E-state index in [1.165, 1.54) is 29.7 Å². The first-order valence-electron chi connectivity index (χ1n) is 12.9. The third-order valence-electron chi connectivity index (χ3n) is 7.18. The van der Waals surface area contributed by atoms with Crippen LogP contribution in [-0.2, 0) is 10.2 Å². The van der Waals surface area contributed by atoms with E-state index in [1.807, 2.05) is 37.5 Å². The van der Waals surface area contributed by atoms with Gasteiger partial charge in [0.25, 0.3) is 11.8 Å². The Morgan fingerprint density at radius 3 is 2.56 bits per heavy atom. The van der Waals surface area contributed by atoms with Crippen molar-refractivity contribution in [2.45, 2.75) is 38.6 Å². The molecule has 0 bridgehead atoms. The Morgan fingerprint density at radius 2 is 1.88 bits per heavy atom. The van der Waals surface area contributed by atoms with Crippen molar-refractivity contribution in [1.29, 1.82) is 0 Å². The number of hydrogen-bond acceptors (Lipinski definition) is 9. The van der Waals surface area contributed by atoms with Crippen LogP contribution >= 0.6 is 22.9 Å². The third kappa shape index (κ3) is 5.55. The van der Waals surface area contributed by atoms with Crippen LogP contribution in [0.4, 0.5) is 21.0 Å². The van der Waals surface area contributed by atoms with Gasteiger partial charge in [0.2, 0.25) is 0 Å². The van der Waals surface area contributed by atoms with Crippen LogP contribution in [-0.4, -0.2) is 81.0 Å². The Bertz CT molecular complexity index is 1550. The molecular formula is C27H29ClFN7O4S. The van der Waals surface area contributed by atoms with Crippen molar-refractivity contribution in [1.82, 2.24) is 25.2 Å². The molecule has 41 heavy (non-hydrogen) atoms. The SMILES string of the molecule is CC1(C)CN(c2ccc(Cl)c(F)c2)c2ncc(C(=O)N3CCN(c4nc(C(=O)NCC(=O)O)cs4)CC3(C)C)nc21. The topological polar surface area (TPSA) is 132 Å². The molecule has 1 fully saturated rings. The Morgan fingerprint density at radius 1 is 1.12 bits per heavy atom. The number of carbonyl (C=O) groups excluding carboxylic acids is 2. The van der Waals surface area contributed by atoms with Crippen molar-refractivity contribution in [3.8, 4) is 0 Å². The van der Waals surface area contributed by atoms with Gasteiger partial charge in [-0.2, -0.15) is 0 Å². The molecule has 14 heteroatoms. The molecule has 1 saturated heterocycles. The Kier molecular flexibility index (Phi) is 7.36. The van der Waals surface area contributed by atoms with Gasteiger partial charge in [-0.05, 0) is 32.0 Å². The van der Waals surface area contributed by atoms with Crippen molar-refractivity contribution in [3.63, 3.8) is 0 Å². The molecule has 11 nitrogen and oxygen atoms in total. The quantitative estimate of drug-likeness (QED) is 0.434. The van der Waals surface area contributed by atoms with E-state index < -0.39 is 35.2 Å². The summed E-state index contributed by atoms with van der Waals surface area (Å²) >= 11 is 7.15. The highest BCUT2D eigenvalue weighted by atomic mass is 35.5. The van der Waals surface area contributed by atoms with Gasteiger partial charge in [0, 0.05) is 42.7 Å². The van der Waals surface area contributed by atoms with E-state index in [4.69, 9.17) is 21.7 Å². The van der Waals surface area contributed by atoms with Crippen LogP contribution in [0.5, 0.6) is 0 Å². The summed E-state index contributed by atoms with van der Waals surface area (Å²) < 4.78 is 14.2. The molecule has 1 aromatic carbocycles. The zero-order valence-corrected chi connectivity index (χ0v) is 24.5. The average molecular weight is 602 g/mol. The number of hydrogen-bond donors (Lipinski definition) is 2. The first kappa shape index (κ1) is 28.7. The number of aliphatic carboxylic acids is 1. The number of carbonyl (C=O) groups is 3. The van der Waals surface area contributed by atoms with Gasteiger partial charge in [0.15, 0.2) is 10.9 Å². The largest absolute Gasteiger partial charge is 0.480 e. The maximum absolute atomic E-state index is 14.2. The second kappa shape index (κ2) is 10.5. The summed E-state index contributed by atoms with van der Waals surface area (Å²) in [5.41, 5.74) is 0.599. The van der Waals surface area contributed by atoms with E-state index in [-0.39, 0.29) is 22.3 Å². The van der Waals surface area contributed by atoms with Gasteiger partial charge >= 0.3 is 5.97 Å². The van der Waals surface area contributed by atoms with Gasteiger partial charge in [0.05, 0.1) is 22.5 Å². The highest BCUT2D eigenvalue weighted by Gasteiger charge is 2.42. The molecule has 2 aliphatic heterocycles. The molecule has 0 radical (unpaired) electrons. The predicted molar refractivity (Wildman–Crippen MR) is 153 cm³/mol. The number of piperazine rings is 1. The fraction of sp³-hybridized carbons (Fsp3) is 0.407. The molecule has 2 aromatic heterocycles. The Hall–Kier alpha value is -3.84. The lowest BCUT2D eigenvalue weighted by atomic mass is 9.92. The molecule has 0 spiro atoms. The lowest BCUT2D eigenvalue weighted by molar-refractivity contribution is -0.135. The molecule has 0 atom stereocenters. The lowest BCUT2D eigenvalue weighted by Crippen LogP contribution is -2.61. The first-order valence-corrected chi connectivity index (χ1v) is 14.2. The van der Waals surface area contributed by atoms with Crippen LogP contribution < -0.4 is 15.1 Å². The molecule has 0 unspecified atom stereocenters. The molecular weight excluding hydrogens is 573 g/mol. The highest BCUT2D eigenvalue weighted by molar-refractivity contribution is 7.13. The van der Waals surface area contributed by atoms with Crippen molar-refractivity contribution in [3.05, 3.63) is 57.7 Å². The van der Waals surface area contributed by atoms with E-state index in [2.05, 4.69) is 15.3 Å². The van der Waals surface area contributed by atoms with Crippen molar-refractivity contribution < 1.29 is 23.9 Å². The number of anilines is 3. The number of aromatic nitrogens is 3. The summed E-state index contributed by atoms with van der Waals surface area (Å²) in [5, 5.41) is 13.3. The summed E-state index contributed by atoms with van der Waals surface area (Å²) in [6.45, 7) is 9.28. The maximum Gasteiger partial charge on any atom is 0.322 e. The molecule has 3 aromatic rings. The van der Waals surface area contributed by atoms with E-state index >= 15 is 0 Å². The van der Waals surface area contributed by atoms with Gasteiger partial charge < -0.3 is 25.1 Å². The van der Waals surface area contributed by atoms with Crippen LogP contribution in [0.15, 0.2) is 29.8 Å². The number of amides is 2. The predicted octanol–water partition coefficient (Wildman–Crippen LogP) is 3.71. The van der Waals surface area contributed by atoms with Crippen molar-refractivity contribution in [2.24, 2.45) is 0 Å². The number of benzene rings is 1. The number of nitrogens with zero attached hydrogens (tertiary/aromatic N) is 6. The molecule has 0 saturated carbocycles. The fourth-order valence-electron chi connectivity index (χ4n) is 5.14. The van der Waals surface area contributed by atoms with E-state index in [0.29, 0.717) is 48.5 Å². The molecule has 4 heterocycles. The Balaban J connectivity index is 1.33. The minimum Gasteiger partial charge on any atom is -0.480 e. The fourth-order valence-corrected chi connectivity index (χ4v) is 6.09. The van der Waals surface area contributed by atoms with Gasteiger partial charge in [-0.25, -0.2) is 19.3 Å². The first-order chi connectivity index (χ1) is 19.3. The molecule has 0 aliphatic carbocycles. The van der Waals surface area contributed by atoms with E-state index in [0.717, 1.165) is 0 Å². The smallest absolute Gasteiger partial charge is 0.322 e. The minimum atomic E-state index is -1.14. The summed E-state index contributed by atoms with van der Waals surface area (Å²) in [7, 11) is 0. The molecule has 5 rings (SSSR count). The monoisotopic (exact) mass is 601 g/mol. The van der Waals surface area contributed by atoms with Crippen molar-refractivity contribution >= 4 is 57.4 Å². The summed E-state index contributed by atoms with van der Waals surface area (Å²) in [4.78, 5) is 56.1. The van der Waals surface area contributed by atoms with Gasteiger partial charge in [-0.15, -0.1) is 11.3 Å². The minimum absolute atomic E-state index is 0.0405. The number of halogens is 2. The zero-order chi connectivity index (χ0) is 29.7. The van der Waals surface area contributed by atoms with Crippen LogP contribution in [0.25, 0.3) is 0 Å². The number of nitrogens with one attached hydrogen (secondary N) is 1. The van der Waals surface area contributed by atoms with E-state index in [9.17, 15) is 18.8 Å². The second-order valence-corrected chi connectivity index (χ2v) is 12.5. The standard InChI is InChI=1S/C27H29ClFN7O4S/c1-26(2)13-35(15-5-6-16(28)17(29)9-15)22-21(26)32-18(10-30-22)24(40)36-8-7-34(14-27(36,3)4)25-33-19(12-41-25)23(39)31-11-20(37)38/h5-6,9-10,12H,7-8,11,13-14H2,1-4H3,(H,31,39)(H,37,38). The number of carboxylic acid groups (broad SMARTS) is 1. The molecule has 2 aliphatic rings. The second-order valence-electron chi connectivity index (χ2n) is 11.3. The number of rotatable bonds is 6. The highest BCUT2D eigenvalue weighted by Crippen LogP contribution is 2.42. The van der Waals surface area contributed by atoms with Gasteiger partial charge in [0.1, 0.15) is 23.7 Å². The zero-order valence-electron chi connectivity index (χ0n) is 22.9. The van der Waals surface area contributed by atoms with Gasteiger partial charge in [-0.1, -0.05) is 25.4 Å². The number of carboxylic acids is 1. The summed E-state index contributed by atoms with van der Waals surface area (Å²) in [6.07, 6.45) is 1.47. The van der Waals surface area contributed by atoms with Crippen LogP contribution in [0.3, 0.4) is 0 Å². The van der Waals surface area contributed by atoms with Gasteiger partial charge in [-0.3, -0.25) is 14.4 Å². The Labute approximate surface area is 245 Å². The van der Waals surface area contributed by atoms with Crippen molar-refractivity contribution in [2.75, 3.05) is 42.5 Å². The third-order valence-corrected chi connectivity index (χ3v) is 8.39. The molecule has 2 amide bonds. The molecule has 216 valence electrons. The van der Waals surface area contributed by atoms with E-state index in [1.54, 1.807) is 16.3 Å². The number of fused-ring (bicyclic) bond motifs is 1. The average Bonchev–Trinajstić information content (AvgIpc) is 3.51. The summed E-state index contributed by atoms with van der Waals surface area (Å²) in [6, 6.07) is 4.60. The summed E-state index contributed by atoms with van der Waals surface area (Å²) in [5.74, 6) is -1.89. The lowest BCUT2D eigenvalue weighted by Gasteiger charge is -2.47. The normalized spacial score (nSPS) is 17.4. The molecule has 2 N–H and O–H groups in total. The van der Waals surface area contributed by atoms with Crippen LogP contribution in [0.1, 0.15) is 54.4 Å². The van der Waals surface area contributed by atoms with Crippen LogP contribution in [0, 0.1) is 5.82 Å². The number of thiazole rings is 1.